The lowest BCUT2D eigenvalue weighted by molar-refractivity contribution is 0.164. The Morgan fingerprint density at radius 1 is 1.56 bits per heavy atom. The number of furan rings is 1. The largest absolute Gasteiger partial charge is 0.468 e. The van der Waals surface area contributed by atoms with Crippen LogP contribution >= 0.6 is 0 Å². The van der Waals surface area contributed by atoms with Crippen LogP contribution < -0.4 is 0 Å². The molecule has 0 radical (unpaired) electrons. The van der Waals surface area contributed by atoms with E-state index in [1.807, 2.05) is 12.1 Å². The zero-order valence-electron chi connectivity index (χ0n) is 11.2. The van der Waals surface area contributed by atoms with Crippen molar-refractivity contribution in [2.45, 2.75) is 38.4 Å². The minimum atomic E-state index is 0.329. The Bertz CT molecular complexity index is 396. The number of nitrogens with zero attached hydrogens (tertiary/aromatic N) is 3. The Morgan fingerprint density at radius 2 is 2.39 bits per heavy atom. The average Bonchev–Trinajstić information content (AvgIpc) is 2.82. The molecule has 98 valence electrons. The summed E-state index contributed by atoms with van der Waals surface area (Å²) in [5.41, 5.74) is 0. The number of likely N-dealkylation sites (N-methyl/N-ethyl adjacent to an activating group) is 1. The Labute approximate surface area is 109 Å². The van der Waals surface area contributed by atoms with Gasteiger partial charge in [0.15, 0.2) is 0 Å². The fourth-order valence-corrected chi connectivity index (χ4v) is 2.49. The van der Waals surface area contributed by atoms with E-state index in [4.69, 9.17) is 9.68 Å². The van der Waals surface area contributed by atoms with Gasteiger partial charge in [-0.25, -0.2) is 0 Å². The first-order valence-corrected chi connectivity index (χ1v) is 6.54. The molecule has 2 atom stereocenters. The predicted octanol–water partition coefficient (Wildman–Crippen LogP) is 2.09. The Balaban J connectivity index is 2.05. The highest BCUT2D eigenvalue weighted by Gasteiger charge is 2.26. The van der Waals surface area contributed by atoms with E-state index < -0.39 is 0 Å². The summed E-state index contributed by atoms with van der Waals surface area (Å²) in [4.78, 5) is 4.73. The summed E-state index contributed by atoms with van der Waals surface area (Å²) in [6.07, 6.45) is 3.45. The Kier molecular flexibility index (Phi) is 4.40. The number of hydrogen-bond donors (Lipinski definition) is 0. The summed E-state index contributed by atoms with van der Waals surface area (Å²) in [7, 11) is 2.12. The van der Waals surface area contributed by atoms with Gasteiger partial charge in [-0.05, 0) is 39.1 Å². The molecule has 18 heavy (non-hydrogen) atoms. The molecule has 2 rings (SSSR count). The molecule has 2 heterocycles. The summed E-state index contributed by atoms with van der Waals surface area (Å²) in [5.74, 6) is 1.00. The second kappa shape index (κ2) is 6.03. The normalized spacial score (nSPS) is 26.7. The lowest BCUT2D eigenvalue weighted by Crippen LogP contribution is -2.40. The topological polar surface area (TPSA) is 43.4 Å². The summed E-state index contributed by atoms with van der Waals surface area (Å²) in [6, 6.07) is 7.10. The van der Waals surface area contributed by atoms with Crippen LogP contribution in [0.15, 0.2) is 22.8 Å². The van der Waals surface area contributed by atoms with E-state index in [0.29, 0.717) is 18.5 Å². The first-order valence-electron chi connectivity index (χ1n) is 6.54. The molecule has 4 heteroatoms. The standard InChI is InChI=1S/C14H21N3O/c1-12-6-8-16(2)13(5-7-15)10-17(12)11-14-4-3-9-18-14/h3-4,9,12-13H,5-6,8,10-11H2,1-2H3. The quantitative estimate of drug-likeness (QED) is 0.820. The molecule has 1 fully saturated rings. The zero-order valence-corrected chi connectivity index (χ0v) is 11.2. The highest BCUT2D eigenvalue weighted by atomic mass is 16.3. The van der Waals surface area contributed by atoms with Crippen LogP contribution in [0, 0.1) is 11.3 Å². The lowest BCUT2D eigenvalue weighted by Gasteiger charge is -2.29. The molecule has 0 spiro atoms. The molecule has 0 saturated carbocycles. The molecule has 1 aliphatic heterocycles. The fourth-order valence-electron chi connectivity index (χ4n) is 2.49. The van der Waals surface area contributed by atoms with E-state index in [9.17, 15) is 0 Å². The molecule has 0 N–H and O–H groups in total. The van der Waals surface area contributed by atoms with Crippen molar-refractivity contribution in [1.29, 1.82) is 5.26 Å². The van der Waals surface area contributed by atoms with Crippen LogP contribution in [0.25, 0.3) is 0 Å². The zero-order chi connectivity index (χ0) is 13.0. The number of nitriles is 1. The van der Waals surface area contributed by atoms with Crippen molar-refractivity contribution in [3.63, 3.8) is 0 Å². The molecule has 0 aromatic carbocycles. The maximum atomic E-state index is 8.92. The van der Waals surface area contributed by atoms with Gasteiger partial charge in [-0.2, -0.15) is 5.26 Å². The lowest BCUT2D eigenvalue weighted by atomic mass is 10.1. The third kappa shape index (κ3) is 3.12. The molecule has 1 aromatic rings. The summed E-state index contributed by atoms with van der Waals surface area (Å²) in [5, 5.41) is 8.92. The molecule has 4 nitrogen and oxygen atoms in total. The van der Waals surface area contributed by atoms with Gasteiger partial charge in [-0.3, -0.25) is 4.90 Å². The van der Waals surface area contributed by atoms with Gasteiger partial charge in [-0.1, -0.05) is 0 Å². The molecule has 0 aliphatic carbocycles. The van der Waals surface area contributed by atoms with Crippen LogP contribution in [0.3, 0.4) is 0 Å². The van der Waals surface area contributed by atoms with Crippen LogP contribution in [0.2, 0.25) is 0 Å². The van der Waals surface area contributed by atoms with E-state index in [1.165, 1.54) is 0 Å². The third-order valence-corrected chi connectivity index (χ3v) is 3.86. The van der Waals surface area contributed by atoms with Crippen LogP contribution in [0.4, 0.5) is 0 Å². The second-order valence-electron chi connectivity index (χ2n) is 5.14. The van der Waals surface area contributed by atoms with Gasteiger partial charge in [0.1, 0.15) is 5.76 Å². The van der Waals surface area contributed by atoms with E-state index >= 15 is 0 Å². The van der Waals surface area contributed by atoms with Crippen molar-refractivity contribution >= 4 is 0 Å². The Hall–Kier alpha value is -1.31. The van der Waals surface area contributed by atoms with Gasteiger partial charge < -0.3 is 9.32 Å². The van der Waals surface area contributed by atoms with E-state index in [-0.39, 0.29) is 0 Å². The predicted molar refractivity (Wildman–Crippen MR) is 69.8 cm³/mol. The summed E-state index contributed by atoms with van der Waals surface area (Å²) >= 11 is 0. The Morgan fingerprint density at radius 3 is 3.06 bits per heavy atom. The van der Waals surface area contributed by atoms with Gasteiger partial charge in [-0.15, -0.1) is 0 Å². The number of hydrogen-bond acceptors (Lipinski definition) is 4. The van der Waals surface area contributed by atoms with Crippen LogP contribution in [0.5, 0.6) is 0 Å². The van der Waals surface area contributed by atoms with Crippen LogP contribution in [-0.2, 0) is 6.54 Å². The highest BCUT2D eigenvalue weighted by molar-refractivity contribution is 4.99. The fraction of sp³-hybridized carbons (Fsp3) is 0.643. The minimum absolute atomic E-state index is 0.329. The van der Waals surface area contributed by atoms with Crippen molar-refractivity contribution < 1.29 is 4.42 Å². The summed E-state index contributed by atoms with van der Waals surface area (Å²) < 4.78 is 5.43. The summed E-state index contributed by atoms with van der Waals surface area (Å²) in [6.45, 7) is 5.09. The van der Waals surface area contributed by atoms with Gasteiger partial charge in [0.05, 0.1) is 25.3 Å². The van der Waals surface area contributed by atoms with Gasteiger partial charge in [0.25, 0.3) is 0 Å². The van der Waals surface area contributed by atoms with Crippen molar-refractivity contribution in [3.8, 4) is 6.07 Å². The van der Waals surface area contributed by atoms with Gasteiger partial charge >= 0.3 is 0 Å². The minimum Gasteiger partial charge on any atom is -0.468 e. The molecular weight excluding hydrogens is 226 g/mol. The third-order valence-electron chi connectivity index (χ3n) is 3.86. The smallest absolute Gasteiger partial charge is 0.117 e. The van der Waals surface area contributed by atoms with Crippen molar-refractivity contribution in [1.82, 2.24) is 9.80 Å². The maximum Gasteiger partial charge on any atom is 0.117 e. The molecule has 2 unspecified atom stereocenters. The average molecular weight is 247 g/mol. The van der Waals surface area contributed by atoms with Crippen LogP contribution in [-0.4, -0.2) is 42.0 Å². The molecular formula is C14H21N3O. The van der Waals surface area contributed by atoms with Gasteiger partial charge in [0, 0.05) is 18.6 Å². The van der Waals surface area contributed by atoms with E-state index in [1.54, 1.807) is 6.26 Å². The number of rotatable bonds is 3. The van der Waals surface area contributed by atoms with E-state index in [0.717, 1.165) is 31.8 Å². The molecule has 1 aliphatic rings. The first kappa shape index (κ1) is 13.1. The monoisotopic (exact) mass is 247 g/mol. The van der Waals surface area contributed by atoms with Gasteiger partial charge in [0.2, 0.25) is 0 Å². The maximum absolute atomic E-state index is 8.92. The molecule has 1 saturated heterocycles. The highest BCUT2D eigenvalue weighted by Crippen LogP contribution is 2.18. The SMILES string of the molecule is CC1CCN(C)C(CC#N)CN1Cc1ccco1. The molecule has 0 amide bonds. The molecule has 0 bridgehead atoms. The van der Waals surface area contributed by atoms with Crippen LogP contribution in [0.1, 0.15) is 25.5 Å². The van der Waals surface area contributed by atoms with Crippen molar-refractivity contribution in [2.24, 2.45) is 0 Å². The van der Waals surface area contributed by atoms with E-state index in [2.05, 4.69) is 29.8 Å². The first-order chi connectivity index (χ1) is 8.70. The van der Waals surface area contributed by atoms with Crippen molar-refractivity contribution in [3.05, 3.63) is 24.2 Å². The second-order valence-corrected chi connectivity index (χ2v) is 5.14. The van der Waals surface area contributed by atoms with Crippen molar-refractivity contribution in [2.75, 3.05) is 20.1 Å². The molecule has 1 aromatic heterocycles.